The average molecular weight is 271 g/mol. The highest BCUT2D eigenvalue weighted by Gasteiger charge is 2.18. The second-order valence-electron chi connectivity index (χ2n) is 4.22. The van der Waals surface area contributed by atoms with Crippen molar-refractivity contribution in [3.05, 3.63) is 48.5 Å². The molecule has 0 bridgehead atoms. The Bertz CT molecular complexity index is 534. The Kier molecular flexibility index (Phi) is 4.10. The predicted octanol–water partition coefficient (Wildman–Crippen LogP) is 3.15. The van der Waals surface area contributed by atoms with Crippen LogP contribution in [0.2, 0.25) is 0 Å². The molecule has 2 aromatic carbocycles. The molecule has 0 atom stereocenters. The summed E-state index contributed by atoms with van der Waals surface area (Å²) in [6.45, 7) is 2.07. The summed E-state index contributed by atoms with van der Waals surface area (Å²) in [6.07, 6.45) is -0.443. The first-order chi connectivity index (χ1) is 9.61. The van der Waals surface area contributed by atoms with Crippen LogP contribution in [0.3, 0.4) is 0 Å². The number of ether oxygens (including phenoxy) is 1. The van der Waals surface area contributed by atoms with E-state index < -0.39 is 6.09 Å². The molecule has 0 radical (unpaired) electrons. The Hall–Kier alpha value is -2.69. The number of anilines is 4. The van der Waals surface area contributed by atoms with Gasteiger partial charge in [0, 0.05) is 11.4 Å². The summed E-state index contributed by atoms with van der Waals surface area (Å²) in [5.74, 6) is 0. The van der Waals surface area contributed by atoms with Crippen LogP contribution in [-0.4, -0.2) is 12.7 Å². The maximum atomic E-state index is 12.2. The van der Waals surface area contributed by atoms with Crippen LogP contribution in [0.5, 0.6) is 0 Å². The Labute approximate surface area is 117 Å². The number of hydrogen-bond donors (Lipinski definition) is 2. The third-order valence-corrected chi connectivity index (χ3v) is 2.75. The van der Waals surface area contributed by atoms with Gasteiger partial charge in [0.1, 0.15) is 0 Å². The zero-order valence-electron chi connectivity index (χ0n) is 11.2. The smallest absolute Gasteiger partial charge is 0.418 e. The van der Waals surface area contributed by atoms with Crippen molar-refractivity contribution in [1.29, 1.82) is 0 Å². The number of amides is 1. The third-order valence-electron chi connectivity index (χ3n) is 2.75. The predicted molar refractivity (Wildman–Crippen MR) is 80.9 cm³/mol. The molecule has 0 aliphatic heterocycles. The Morgan fingerprint density at radius 2 is 1.35 bits per heavy atom. The van der Waals surface area contributed by atoms with Crippen molar-refractivity contribution in [2.75, 3.05) is 23.0 Å². The highest BCUT2D eigenvalue weighted by molar-refractivity contribution is 5.96. The van der Waals surface area contributed by atoms with E-state index in [1.54, 1.807) is 55.5 Å². The fourth-order valence-corrected chi connectivity index (χ4v) is 1.79. The van der Waals surface area contributed by atoms with E-state index in [0.29, 0.717) is 29.4 Å². The molecule has 1 amide bonds. The van der Waals surface area contributed by atoms with Crippen molar-refractivity contribution in [1.82, 2.24) is 0 Å². The van der Waals surface area contributed by atoms with Crippen molar-refractivity contribution in [2.24, 2.45) is 0 Å². The molecule has 20 heavy (non-hydrogen) atoms. The van der Waals surface area contributed by atoms with Crippen LogP contribution in [0.25, 0.3) is 0 Å². The minimum Gasteiger partial charge on any atom is -0.449 e. The molecule has 2 aromatic rings. The van der Waals surface area contributed by atoms with Crippen molar-refractivity contribution < 1.29 is 9.53 Å². The number of nitrogens with zero attached hydrogens (tertiary/aromatic N) is 1. The number of carbonyl (C=O) groups is 1. The van der Waals surface area contributed by atoms with Crippen molar-refractivity contribution in [2.45, 2.75) is 6.92 Å². The molecule has 5 nitrogen and oxygen atoms in total. The largest absolute Gasteiger partial charge is 0.449 e. The molecule has 2 rings (SSSR count). The zero-order valence-corrected chi connectivity index (χ0v) is 11.2. The lowest BCUT2D eigenvalue weighted by Gasteiger charge is -2.22. The van der Waals surface area contributed by atoms with E-state index in [4.69, 9.17) is 16.2 Å². The van der Waals surface area contributed by atoms with Crippen molar-refractivity contribution in [3.8, 4) is 0 Å². The van der Waals surface area contributed by atoms with Gasteiger partial charge in [-0.1, -0.05) is 0 Å². The van der Waals surface area contributed by atoms with E-state index in [9.17, 15) is 4.79 Å². The second-order valence-corrected chi connectivity index (χ2v) is 4.22. The van der Waals surface area contributed by atoms with Gasteiger partial charge in [0.2, 0.25) is 0 Å². The van der Waals surface area contributed by atoms with Gasteiger partial charge in [0.25, 0.3) is 0 Å². The highest BCUT2D eigenvalue weighted by Crippen LogP contribution is 2.27. The molecule has 0 aliphatic rings. The van der Waals surface area contributed by atoms with E-state index in [-0.39, 0.29) is 0 Å². The fraction of sp³-hybridized carbons (Fsp3) is 0.133. The molecule has 0 aromatic heterocycles. The summed E-state index contributed by atoms with van der Waals surface area (Å²) >= 11 is 0. The molecule has 5 heteroatoms. The van der Waals surface area contributed by atoms with Gasteiger partial charge in [-0.3, -0.25) is 0 Å². The summed E-state index contributed by atoms with van der Waals surface area (Å²) in [4.78, 5) is 13.6. The number of nitrogens with two attached hydrogens (primary N) is 2. The molecule has 0 saturated heterocycles. The number of benzene rings is 2. The third kappa shape index (κ3) is 3.00. The van der Waals surface area contributed by atoms with Crippen LogP contribution >= 0.6 is 0 Å². The summed E-state index contributed by atoms with van der Waals surface area (Å²) in [5.41, 5.74) is 14.0. The topological polar surface area (TPSA) is 81.6 Å². The SMILES string of the molecule is CCOC(=O)N(c1ccc(N)cc1)c1ccc(N)cc1. The molecule has 0 unspecified atom stereocenters. The summed E-state index contributed by atoms with van der Waals surface area (Å²) < 4.78 is 5.10. The van der Waals surface area contributed by atoms with Crippen LogP contribution < -0.4 is 16.4 Å². The van der Waals surface area contributed by atoms with Gasteiger partial charge in [-0.15, -0.1) is 0 Å². The molecule has 0 spiro atoms. The fourth-order valence-electron chi connectivity index (χ4n) is 1.79. The Balaban J connectivity index is 2.41. The van der Waals surface area contributed by atoms with Gasteiger partial charge in [0.15, 0.2) is 0 Å². The second kappa shape index (κ2) is 5.97. The average Bonchev–Trinajstić information content (AvgIpc) is 2.44. The first-order valence-corrected chi connectivity index (χ1v) is 6.29. The van der Waals surface area contributed by atoms with Crippen LogP contribution in [0.4, 0.5) is 27.5 Å². The molecule has 0 fully saturated rings. The van der Waals surface area contributed by atoms with Gasteiger partial charge < -0.3 is 16.2 Å². The minimum atomic E-state index is -0.443. The van der Waals surface area contributed by atoms with E-state index in [1.807, 2.05) is 0 Å². The summed E-state index contributed by atoms with van der Waals surface area (Å²) in [5, 5.41) is 0. The monoisotopic (exact) mass is 271 g/mol. The maximum absolute atomic E-state index is 12.2. The molecular formula is C15H17N3O2. The summed E-state index contributed by atoms with van der Waals surface area (Å²) in [6, 6.07) is 14.0. The van der Waals surface area contributed by atoms with Crippen LogP contribution in [0.1, 0.15) is 6.92 Å². The lowest BCUT2D eigenvalue weighted by atomic mass is 10.2. The van der Waals surface area contributed by atoms with Crippen molar-refractivity contribution >= 4 is 28.8 Å². The zero-order chi connectivity index (χ0) is 14.5. The van der Waals surface area contributed by atoms with Gasteiger partial charge in [-0.25, -0.2) is 9.69 Å². The van der Waals surface area contributed by atoms with E-state index in [1.165, 1.54) is 4.90 Å². The highest BCUT2D eigenvalue weighted by atomic mass is 16.6. The molecule has 104 valence electrons. The first-order valence-electron chi connectivity index (χ1n) is 6.29. The van der Waals surface area contributed by atoms with Crippen molar-refractivity contribution in [3.63, 3.8) is 0 Å². The number of rotatable bonds is 3. The molecule has 0 aliphatic carbocycles. The molecule has 0 heterocycles. The Morgan fingerprint density at radius 1 is 0.950 bits per heavy atom. The normalized spacial score (nSPS) is 10.1. The van der Waals surface area contributed by atoms with E-state index >= 15 is 0 Å². The molecule has 0 saturated carbocycles. The van der Waals surface area contributed by atoms with Crippen LogP contribution in [0.15, 0.2) is 48.5 Å². The Morgan fingerprint density at radius 3 is 1.70 bits per heavy atom. The molecular weight excluding hydrogens is 254 g/mol. The number of nitrogen functional groups attached to an aromatic ring is 2. The van der Waals surface area contributed by atoms with Crippen LogP contribution in [0, 0.1) is 0 Å². The van der Waals surface area contributed by atoms with Gasteiger partial charge >= 0.3 is 6.09 Å². The van der Waals surface area contributed by atoms with E-state index in [2.05, 4.69) is 0 Å². The van der Waals surface area contributed by atoms with E-state index in [0.717, 1.165) is 0 Å². The van der Waals surface area contributed by atoms with Crippen LogP contribution in [-0.2, 0) is 4.74 Å². The minimum absolute atomic E-state index is 0.305. The van der Waals surface area contributed by atoms with Gasteiger partial charge in [-0.05, 0) is 55.5 Å². The lowest BCUT2D eigenvalue weighted by molar-refractivity contribution is 0.162. The number of carbonyl (C=O) groups excluding carboxylic acids is 1. The lowest BCUT2D eigenvalue weighted by Crippen LogP contribution is -2.26. The maximum Gasteiger partial charge on any atom is 0.418 e. The first kappa shape index (κ1) is 13.7. The quantitative estimate of drug-likeness (QED) is 0.840. The standard InChI is InChI=1S/C15H17N3O2/c1-2-20-15(19)18(13-7-3-11(16)4-8-13)14-9-5-12(17)6-10-14/h3-10H,2,16-17H2,1H3. The van der Waals surface area contributed by atoms with Gasteiger partial charge in [0.05, 0.1) is 18.0 Å². The number of hydrogen-bond acceptors (Lipinski definition) is 4. The molecule has 4 N–H and O–H groups in total. The summed E-state index contributed by atoms with van der Waals surface area (Å²) in [7, 11) is 0. The van der Waals surface area contributed by atoms with Gasteiger partial charge in [-0.2, -0.15) is 0 Å².